The van der Waals surface area contributed by atoms with Gasteiger partial charge in [-0.15, -0.1) is 0 Å². The van der Waals surface area contributed by atoms with Gasteiger partial charge in [0.25, 0.3) is 0 Å². The second-order valence-electron chi connectivity index (χ2n) is 5.29. The minimum atomic E-state index is -0.0926. The molecule has 1 aliphatic rings. The molecule has 1 unspecified atom stereocenters. The third kappa shape index (κ3) is 1.58. The predicted molar refractivity (Wildman–Crippen MR) is 82.0 cm³/mol. The molecule has 106 valence electrons. The second-order valence-corrected chi connectivity index (χ2v) is 5.72. The molecule has 21 heavy (non-hydrogen) atoms. The van der Waals surface area contributed by atoms with Crippen LogP contribution in [0.25, 0.3) is 10.9 Å². The van der Waals surface area contributed by atoms with Gasteiger partial charge in [-0.1, -0.05) is 17.7 Å². The van der Waals surface area contributed by atoms with E-state index in [0.717, 1.165) is 22.3 Å². The summed E-state index contributed by atoms with van der Waals surface area (Å²) in [5.74, 6) is 0.673. The summed E-state index contributed by atoms with van der Waals surface area (Å²) >= 11 is 6.07. The number of fused-ring (bicyclic) bond motifs is 3. The molecule has 2 aromatic heterocycles. The van der Waals surface area contributed by atoms with Crippen LogP contribution in [-0.4, -0.2) is 20.6 Å². The Kier molecular flexibility index (Phi) is 2.44. The Morgan fingerprint density at radius 3 is 2.86 bits per heavy atom. The highest BCUT2D eigenvalue weighted by Gasteiger charge is 2.38. The largest absolute Gasteiger partial charge is 0.347 e. The maximum atomic E-state index is 12.8. The van der Waals surface area contributed by atoms with E-state index in [9.17, 15) is 4.79 Å². The quantitative estimate of drug-likeness (QED) is 0.741. The van der Waals surface area contributed by atoms with Gasteiger partial charge in [-0.2, -0.15) is 0 Å². The summed E-state index contributed by atoms with van der Waals surface area (Å²) in [6.45, 7) is 3.91. The lowest BCUT2D eigenvalue weighted by molar-refractivity contribution is 0.250. The lowest BCUT2D eigenvalue weighted by Crippen LogP contribution is -2.29. The van der Waals surface area contributed by atoms with Gasteiger partial charge in [0.15, 0.2) is 5.82 Å². The summed E-state index contributed by atoms with van der Waals surface area (Å²) in [4.78, 5) is 21.8. The predicted octanol–water partition coefficient (Wildman–Crippen LogP) is 3.88. The number of nitrogens with one attached hydrogen (secondary N) is 1. The number of rotatable bonds is 1. The first-order valence-corrected chi connectivity index (χ1v) is 7.10. The zero-order chi connectivity index (χ0) is 14.7. The maximum Gasteiger partial charge on any atom is 0.335 e. The number of aromatic nitrogens is 3. The number of aromatic amines is 1. The molecule has 1 aromatic carbocycles. The van der Waals surface area contributed by atoms with Crippen molar-refractivity contribution >= 4 is 34.4 Å². The van der Waals surface area contributed by atoms with Crippen LogP contribution >= 0.6 is 11.6 Å². The van der Waals surface area contributed by atoms with Crippen molar-refractivity contribution in [2.24, 2.45) is 0 Å². The molecule has 1 amide bonds. The Morgan fingerprint density at radius 2 is 2.14 bits per heavy atom. The fourth-order valence-electron chi connectivity index (χ4n) is 2.99. The SMILES string of the molecule is Cc1[nH]cnc1N1C(=O)n2c(cc3ccc(Cl)cc32)C1C. The number of nitrogens with zero attached hydrogens (tertiary/aromatic N) is 3. The van der Waals surface area contributed by atoms with Crippen molar-refractivity contribution in [1.82, 2.24) is 14.5 Å². The standard InChI is InChI=1S/C15H13ClN4O/c1-8-14(18-7-17-8)19-9(2)12-5-10-3-4-11(16)6-13(10)20(12)15(19)21/h3-7,9H,1-2H3,(H,17,18). The molecule has 0 fully saturated rings. The molecule has 1 atom stereocenters. The van der Waals surface area contributed by atoms with Crippen LogP contribution in [0.15, 0.2) is 30.6 Å². The molecule has 0 spiro atoms. The molecule has 3 heterocycles. The molecule has 0 saturated heterocycles. The summed E-state index contributed by atoms with van der Waals surface area (Å²) in [5, 5.41) is 1.64. The van der Waals surface area contributed by atoms with Gasteiger partial charge >= 0.3 is 6.03 Å². The third-order valence-corrected chi connectivity index (χ3v) is 4.27. The molecule has 3 aromatic rings. The van der Waals surface area contributed by atoms with E-state index in [1.54, 1.807) is 15.8 Å². The van der Waals surface area contributed by atoms with Gasteiger partial charge in [0.2, 0.25) is 0 Å². The average molecular weight is 301 g/mol. The van der Waals surface area contributed by atoms with E-state index in [2.05, 4.69) is 9.97 Å². The van der Waals surface area contributed by atoms with Gasteiger partial charge < -0.3 is 4.98 Å². The van der Waals surface area contributed by atoms with Crippen molar-refractivity contribution in [1.29, 1.82) is 0 Å². The van der Waals surface area contributed by atoms with Crippen LogP contribution < -0.4 is 4.90 Å². The fraction of sp³-hybridized carbons (Fsp3) is 0.200. The van der Waals surface area contributed by atoms with E-state index in [1.165, 1.54) is 0 Å². The van der Waals surface area contributed by atoms with E-state index in [4.69, 9.17) is 11.6 Å². The molecular formula is C15H13ClN4O. The highest BCUT2D eigenvalue weighted by molar-refractivity contribution is 6.31. The van der Waals surface area contributed by atoms with Crippen LogP contribution in [-0.2, 0) is 0 Å². The van der Waals surface area contributed by atoms with E-state index >= 15 is 0 Å². The minimum absolute atomic E-state index is 0.0642. The Hall–Kier alpha value is -2.27. The van der Waals surface area contributed by atoms with Crippen molar-refractivity contribution in [3.05, 3.63) is 47.0 Å². The number of aryl methyl sites for hydroxylation is 1. The Bertz CT molecular complexity index is 879. The van der Waals surface area contributed by atoms with Crippen molar-refractivity contribution in [3.8, 4) is 0 Å². The summed E-state index contributed by atoms with van der Waals surface area (Å²) in [6.07, 6.45) is 1.60. The summed E-state index contributed by atoms with van der Waals surface area (Å²) < 4.78 is 1.72. The lowest BCUT2D eigenvalue weighted by Gasteiger charge is -2.19. The highest BCUT2D eigenvalue weighted by Crippen LogP contribution is 2.38. The van der Waals surface area contributed by atoms with Crippen LogP contribution in [0.1, 0.15) is 24.4 Å². The molecule has 6 heteroatoms. The van der Waals surface area contributed by atoms with Crippen molar-refractivity contribution < 1.29 is 4.79 Å². The number of hydrogen-bond acceptors (Lipinski definition) is 2. The zero-order valence-corrected chi connectivity index (χ0v) is 12.3. The van der Waals surface area contributed by atoms with Gasteiger partial charge in [-0.05, 0) is 32.0 Å². The first kappa shape index (κ1) is 12.5. The number of halogens is 1. The Labute approximate surface area is 126 Å². The van der Waals surface area contributed by atoms with Crippen LogP contribution in [0.2, 0.25) is 5.02 Å². The first-order chi connectivity index (χ1) is 10.1. The highest BCUT2D eigenvalue weighted by atomic mass is 35.5. The molecule has 4 rings (SSSR count). The van der Waals surface area contributed by atoms with Crippen molar-refractivity contribution in [2.45, 2.75) is 19.9 Å². The van der Waals surface area contributed by atoms with E-state index < -0.39 is 0 Å². The smallest absolute Gasteiger partial charge is 0.335 e. The van der Waals surface area contributed by atoms with Gasteiger partial charge in [0.1, 0.15) is 0 Å². The molecule has 0 saturated carbocycles. The average Bonchev–Trinajstić information content (AvgIpc) is 3.08. The summed E-state index contributed by atoms with van der Waals surface area (Å²) in [6, 6.07) is 7.48. The third-order valence-electron chi connectivity index (χ3n) is 4.04. The van der Waals surface area contributed by atoms with Crippen LogP contribution in [0.3, 0.4) is 0 Å². The molecule has 0 radical (unpaired) electrons. The Morgan fingerprint density at radius 1 is 1.33 bits per heavy atom. The van der Waals surface area contributed by atoms with Crippen LogP contribution in [0, 0.1) is 6.92 Å². The second kappa shape index (κ2) is 4.11. The number of H-pyrrole nitrogens is 1. The normalized spacial score (nSPS) is 17.8. The van der Waals surface area contributed by atoms with E-state index in [0.29, 0.717) is 10.8 Å². The van der Waals surface area contributed by atoms with E-state index in [-0.39, 0.29) is 12.1 Å². The molecule has 0 aliphatic carbocycles. The molecule has 1 aliphatic heterocycles. The Balaban J connectivity index is 1.93. The summed E-state index contributed by atoms with van der Waals surface area (Å²) in [5.41, 5.74) is 2.67. The zero-order valence-electron chi connectivity index (χ0n) is 11.6. The fourth-order valence-corrected chi connectivity index (χ4v) is 3.16. The molecule has 0 bridgehead atoms. The number of anilines is 1. The van der Waals surface area contributed by atoms with Crippen LogP contribution in [0.5, 0.6) is 0 Å². The lowest BCUT2D eigenvalue weighted by atomic mass is 10.2. The summed E-state index contributed by atoms with van der Waals surface area (Å²) in [7, 11) is 0. The van der Waals surface area contributed by atoms with Gasteiger partial charge in [-0.3, -0.25) is 9.47 Å². The number of amides is 1. The number of carbonyl (C=O) groups excluding carboxylic acids is 1. The molecule has 5 nitrogen and oxygen atoms in total. The van der Waals surface area contributed by atoms with Gasteiger partial charge in [0.05, 0.1) is 29.3 Å². The number of imidazole rings is 1. The first-order valence-electron chi connectivity index (χ1n) is 6.72. The van der Waals surface area contributed by atoms with Crippen molar-refractivity contribution in [2.75, 3.05) is 4.90 Å². The number of carbonyl (C=O) groups is 1. The van der Waals surface area contributed by atoms with Crippen molar-refractivity contribution in [3.63, 3.8) is 0 Å². The van der Waals surface area contributed by atoms with Gasteiger partial charge in [-0.25, -0.2) is 9.78 Å². The van der Waals surface area contributed by atoms with E-state index in [1.807, 2.05) is 38.1 Å². The topological polar surface area (TPSA) is 53.9 Å². The number of hydrogen-bond donors (Lipinski definition) is 1. The maximum absolute atomic E-state index is 12.8. The van der Waals surface area contributed by atoms with Crippen LogP contribution in [0.4, 0.5) is 10.6 Å². The molecule has 1 N–H and O–H groups in total. The van der Waals surface area contributed by atoms with Gasteiger partial charge in [0, 0.05) is 10.4 Å². The molecular weight excluding hydrogens is 288 g/mol. The number of benzene rings is 1. The minimum Gasteiger partial charge on any atom is -0.347 e. The monoisotopic (exact) mass is 300 g/mol.